The molecule has 0 saturated heterocycles. The standard InChI is InChI=1S/C12H20N4OS/c1-9(2)4-7-17-8-6-14-12-10(11(13)18)3-5-15-16-12/h3,5,9H,4,6-8H2,1-2H3,(H2,13,18)(H,14,16). The fourth-order valence-corrected chi connectivity index (χ4v) is 1.49. The zero-order valence-electron chi connectivity index (χ0n) is 10.8. The Morgan fingerprint density at radius 1 is 1.50 bits per heavy atom. The van der Waals surface area contributed by atoms with Crippen LogP contribution >= 0.6 is 12.2 Å². The number of rotatable bonds is 8. The summed E-state index contributed by atoms with van der Waals surface area (Å²) in [5, 5.41) is 10.9. The molecule has 0 atom stereocenters. The van der Waals surface area contributed by atoms with E-state index >= 15 is 0 Å². The number of thiocarbonyl (C=S) groups is 1. The van der Waals surface area contributed by atoms with Gasteiger partial charge in [-0.1, -0.05) is 26.1 Å². The topological polar surface area (TPSA) is 73.1 Å². The highest BCUT2D eigenvalue weighted by Crippen LogP contribution is 2.09. The molecule has 18 heavy (non-hydrogen) atoms. The molecule has 100 valence electrons. The molecule has 5 nitrogen and oxygen atoms in total. The lowest BCUT2D eigenvalue weighted by Gasteiger charge is -2.10. The van der Waals surface area contributed by atoms with Gasteiger partial charge in [-0.05, 0) is 18.4 Å². The molecule has 6 heteroatoms. The monoisotopic (exact) mass is 268 g/mol. The first-order chi connectivity index (χ1) is 8.61. The summed E-state index contributed by atoms with van der Waals surface area (Å²) < 4.78 is 5.49. The lowest BCUT2D eigenvalue weighted by molar-refractivity contribution is 0.132. The fourth-order valence-electron chi connectivity index (χ4n) is 1.32. The van der Waals surface area contributed by atoms with Crippen LogP contribution in [0.25, 0.3) is 0 Å². The summed E-state index contributed by atoms with van der Waals surface area (Å²) in [6.45, 7) is 6.42. The number of nitrogens with one attached hydrogen (secondary N) is 1. The van der Waals surface area contributed by atoms with Crippen molar-refractivity contribution < 1.29 is 4.74 Å². The zero-order chi connectivity index (χ0) is 13.4. The van der Waals surface area contributed by atoms with Crippen LogP contribution in [0.3, 0.4) is 0 Å². The van der Waals surface area contributed by atoms with Crippen molar-refractivity contribution in [3.05, 3.63) is 17.8 Å². The van der Waals surface area contributed by atoms with Gasteiger partial charge in [0.25, 0.3) is 0 Å². The van der Waals surface area contributed by atoms with Gasteiger partial charge in [0.1, 0.15) is 4.99 Å². The van der Waals surface area contributed by atoms with Crippen molar-refractivity contribution in [2.45, 2.75) is 20.3 Å². The summed E-state index contributed by atoms with van der Waals surface area (Å²) in [5.41, 5.74) is 6.30. The summed E-state index contributed by atoms with van der Waals surface area (Å²) in [6.07, 6.45) is 2.64. The molecular formula is C12H20N4OS. The second-order valence-corrected chi connectivity index (χ2v) is 4.82. The molecule has 0 spiro atoms. The van der Waals surface area contributed by atoms with Crippen molar-refractivity contribution in [2.75, 3.05) is 25.1 Å². The average molecular weight is 268 g/mol. The highest BCUT2D eigenvalue weighted by Gasteiger charge is 2.05. The largest absolute Gasteiger partial charge is 0.389 e. The first-order valence-corrected chi connectivity index (χ1v) is 6.45. The molecule has 0 aliphatic carbocycles. The molecule has 0 aliphatic rings. The summed E-state index contributed by atoms with van der Waals surface area (Å²) >= 11 is 4.94. The van der Waals surface area contributed by atoms with Crippen LogP contribution in [0.5, 0.6) is 0 Å². The molecule has 0 amide bonds. The minimum Gasteiger partial charge on any atom is -0.389 e. The quantitative estimate of drug-likeness (QED) is 0.551. The third-order valence-corrected chi connectivity index (χ3v) is 2.58. The molecule has 0 aromatic carbocycles. The normalized spacial score (nSPS) is 10.6. The maximum atomic E-state index is 5.59. The molecule has 0 bridgehead atoms. The molecule has 1 rings (SSSR count). The Bertz CT molecular complexity index is 384. The van der Waals surface area contributed by atoms with Crippen LogP contribution in [0.2, 0.25) is 0 Å². The van der Waals surface area contributed by atoms with E-state index in [1.54, 1.807) is 12.3 Å². The number of nitrogens with zero attached hydrogens (tertiary/aromatic N) is 2. The van der Waals surface area contributed by atoms with Crippen LogP contribution in [0, 0.1) is 5.92 Å². The summed E-state index contributed by atoms with van der Waals surface area (Å²) in [4.78, 5) is 0.313. The second-order valence-electron chi connectivity index (χ2n) is 4.38. The Hall–Kier alpha value is -1.27. The van der Waals surface area contributed by atoms with Gasteiger partial charge in [-0.25, -0.2) is 0 Å². The SMILES string of the molecule is CC(C)CCOCCNc1nnccc1C(N)=S. The molecule has 3 N–H and O–H groups in total. The van der Waals surface area contributed by atoms with Crippen LogP contribution in [0.4, 0.5) is 5.82 Å². The maximum Gasteiger partial charge on any atom is 0.159 e. The molecule has 0 saturated carbocycles. The van der Waals surface area contributed by atoms with E-state index in [0.29, 0.717) is 35.4 Å². The van der Waals surface area contributed by atoms with E-state index < -0.39 is 0 Å². The Kier molecular flexibility index (Phi) is 6.53. The first-order valence-electron chi connectivity index (χ1n) is 6.04. The Labute approximate surface area is 113 Å². The molecular weight excluding hydrogens is 248 g/mol. The lowest BCUT2D eigenvalue weighted by atomic mass is 10.1. The van der Waals surface area contributed by atoms with Gasteiger partial charge in [0, 0.05) is 13.2 Å². The third kappa shape index (κ3) is 5.37. The van der Waals surface area contributed by atoms with E-state index in [1.807, 2.05) is 0 Å². The van der Waals surface area contributed by atoms with Gasteiger partial charge in [-0.15, -0.1) is 5.10 Å². The van der Waals surface area contributed by atoms with Gasteiger partial charge in [0.2, 0.25) is 0 Å². The molecule has 1 heterocycles. The van der Waals surface area contributed by atoms with Crippen molar-refractivity contribution in [3.8, 4) is 0 Å². The van der Waals surface area contributed by atoms with Gasteiger partial charge in [0.15, 0.2) is 5.82 Å². The van der Waals surface area contributed by atoms with Crippen LogP contribution < -0.4 is 11.1 Å². The molecule has 0 fully saturated rings. The van der Waals surface area contributed by atoms with Gasteiger partial charge in [-0.3, -0.25) is 0 Å². The van der Waals surface area contributed by atoms with E-state index in [-0.39, 0.29) is 0 Å². The van der Waals surface area contributed by atoms with E-state index in [1.165, 1.54) is 0 Å². The van der Waals surface area contributed by atoms with E-state index in [0.717, 1.165) is 13.0 Å². The Morgan fingerprint density at radius 2 is 2.28 bits per heavy atom. The van der Waals surface area contributed by atoms with Crippen LogP contribution in [0.1, 0.15) is 25.8 Å². The van der Waals surface area contributed by atoms with Crippen LogP contribution in [-0.2, 0) is 4.74 Å². The predicted octanol–water partition coefficient (Wildman–Crippen LogP) is 1.59. The third-order valence-electron chi connectivity index (χ3n) is 2.36. The molecule has 0 radical (unpaired) electrons. The van der Waals surface area contributed by atoms with Crippen molar-refractivity contribution in [1.29, 1.82) is 0 Å². The lowest BCUT2D eigenvalue weighted by Crippen LogP contribution is -2.17. The van der Waals surface area contributed by atoms with E-state index in [2.05, 4.69) is 29.4 Å². The molecule has 0 unspecified atom stereocenters. The van der Waals surface area contributed by atoms with Crippen LogP contribution in [-0.4, -0.2) is 34.9 Å². The Morgan fingerprint density at radius 3 is 2.94 bits per heavy atom. The van der Waals surface area contributed by atoms with Crippen molar-refractivity contribution in [2.24, 2.45) is 11.7 Å². The van der Waals surface area contributed by atoms with Crippen LogP contribution in [0.15, 0.2) is 12.3 Å². The van der Waals surface area contributed by atoms with Gasteiger partial charge in [0.05, 0.1) is 18.4 Å². The van der Waals surface area contributed by atoms with Crippen molar-refractivity contribution in [3.63, 3.8) is 0 Å². The second kappa shape index (κ2) is 7.94. The first kappa shape index (κ1) is 14.8. The average Bonchev–Trinajstić information content (AvgIpc) is 2.33. The van der Waals surface area contributed by atoms with Crippen molar-refractivity contribution >= 4 is 23.0 Å². The highest BCUT2D eigenvalue weighted by atomic mass is 32.1. The summed E-state index contributed by atoms with van der Waals surface area (Å²) in [7, 11) is 0. The molecule has 1 aromatic rings. The number of aromatic nitrogens is 2. The molecule has 0 aliphatic heterocycles. The van der Waals surface area contributed by atoms with Crippen molar-refractivity contribution in [1.82, 2.24) is 10.2 Å². The fraction of sp³-hybridized carbons (Fsp3) is 0.583. The maximum absolute atomic E-state index is 5.59. The molecule has 1 aromatic heterocycles. The number of hydrogen-bond acceptors (Lipinski definition) is 5. The van der Waals surface area contributed by atoms with E-state index in [9.17, 15) is 0 Å². The zero-order valence-corrected chi connectivity index (χ0v) is 11.7. The summed E-state index contributed by atoms with van der Waals surface area (Å²) in [6, 6.07) is 1.75. The number of hydrogen-bond donors (Lipinski definition) is 2. The number of ether oxygens (including phenoxy) is 1. The minimum atomic E-state index is 0.313. The predicted molar refractivity (Wildman–Crippen MR) is 76.7 cm³/mol. The summed E-state index contributed by atoms with van der Waals surface area (Å²) in [5.74, 6) is 1.27. The van der Waals surface area contributed by atoms with E-state index in [4.69, 9.17) is 22.7 Å². The highest BCUT2D eigenvalue weighted by molar-refractivity contribution is 7.80. The van der Waals surface area contributed by atoms with Gasteiger partial charge >= 0.3 is 0 Å². The smallest absolute Gasteiger partial charge is 0.159 e. The number of nitrogens with two attached hydrogens (primary N) is 1. The van der Waals surface area contributed by atoms with Gasteiger partial charge in [-0.2, -0.15) is 5.10 Å². The van der Waals surface area contributed by atoms with Gasteiger partial charge < -0.3 is 15.8 Å². The number of anilines is 1. The Balaban J connectivity index is 2.29. The minimum absolute atomic E-state index is 0.313.